The monoisotopic (exact) mass is 417 g/mol. The highest BCUT2D eigenvalue weighted by Crippen LogP contribution is 2.28. The number of primary amides is 1. The van der Waals surface area contributed by atoms with Gasteiger partial charge in [0.15, 0.2) is 23.0 Å². The van der Waals surface area contributed by atoms with E-state index in [9.17, 15) is 34.8 Å². The van der Waals surface area contributed by atoms with E-state index < -0.39 is 46.8 Å². The van der Waals surface area contributed by atoms with Gasteiger partial charge in [-0.3, -0.25) is 14.4 Å². The molecule has 10 heteroatoms. The van der Waals surface area contributed by atoms with Crippen LogP contribution in [0.5, 0.6) is 23.0 Å². The summed E-state index contributed by atoms with van der Waals surface area (Å²) < 4.78 is 0. The molecule has 0 saturated heterocycles. The first-order chi connectivity index (χ1) is 14.2. The lowest BCUT2D eigenvalue weighted by molar-refractivity contribution is -0.120. The number of benzene rings is 2. The van der Waals surface area contributed by atoms with E-state index in [4.69, 9.17) is 5.73 Å². The van der Waals surface area contributed by atoms with E-state index in [1.165, 1.54) is 36.4 Å². The molecule has 0 aliphatic carbocycles. The average Bonchev–Trinajstić information content (AvgIpc) is 2.70. The normalized spacial score (nSPS) is 11.5. The fourth-order valence-corrected chi connectivity index (χ4v) is 2.72. The largest absolute Gasteiger partial charge is 0.504 e. The van der Waals surface area contributed by atoms with E-state index in [1.54, 1.807) is 0 Å². The Hall–Kier alpha value is -3.95. The minimum absolute atomic E-state index is 0.0665. The Morgan fingerprint density at radius 1 is 0.833 bits per heavy atom. The standard InChI is InChI=1S/C20H23N3O7/c21-18(28)13(23-20(30)12-6-4-9-15(25)17(12)27)7-1-2-10-22-19(29)11-5-3-8-14(24)16(11)26/h3-6,8-9,13,24-27H,1-2,7,10H2,(H2,21,28)(H,22,29)(H,23,30). The van der Waals surface area contributed by atoms with E-state index in [0.29, 0.717) is 12.8 Å². The maximum Gasteiger partial charge on any atom is 0.255 e. The van der Waals surface area contributed by atoms with Gasteiger partial charge in [-0.15, -0.1) is 0 Å². The van der Waals surface area contributed by atoms with Crippen LogP contribution in [0.15, 0.2) is 36.4 Å². The van der Waals surface area contributed by atoms with Gasteiger partial charge in [0.1, 0.15) is 6.04 Å². The first-order valence-corrected chi connectivity index (χ1v) is 9.12. The Bertz CT molecular complexity index is 946. The molecule has 0 aliphatic rings. The second-order valence-electron chi connectivity index (χ2n) is 6.53. The molecule has 30 heavy (non-hydrogen) atoms. The van der Waals surface area contributed by atoms with Crippen LogP contribution < -0.4 is 16.4 Å². The average molecular weight is 417 g/mol. The van der Waals surface area contributed by atoms with Gasteiger partial charge in [-0.2, -0.15) is 0 Å². The second-order valence-corrected chi connectivity index (χ2v) is 6.53. The summed E-state index contributed by atoms with van der Waals surface area (Å²) in [6.07, 6.45) is 1.06. The van der Waals surface area contributed by atoms with E-state index in [1.807, 2.05) is 0 Å². The second kappa shape index (κ2) is 10.0. The number of nitrogens with two attached hydrogens (primary N) is 1. The molecular weight excluding hydrogens is 394 g/mol. The van der Waals surface area contributed by atoms with Gasteiger partial charge in [0.25, 0.3) is 11.8 Å². The number of nitrogens with one attached hydrogen (secondary N) is 2. The van der Waals surface area contributed by atoms with Gasteiger partial charge >= 0.3 is 0 Å². The van der Waals surface area contributed by atoms with Gasteiger partial charge in [0.2, 0.25) is 5.91 Å². The summed E-state index contributed by atoms with van der Waals surface area (Å²) in [7, 11) is 0. The maximum absolute atomic E-state index is 12.2. The summed E-state index contributed by atoms with van der Waals surface area (Å²) in [6, 6.07) is 6.90. The topological polar surface area (TPSA) is 182 Å². The highest BCUT2D eigenvalue weighted by Gasteiger charge is 2.21. The van der Waals surface area contributed by atoms with Gasteiger partial charge in [-0.05, 0) is 43.5 Å². The number of hydrogen-bond acceptors (Lipinski definition) is 7. The molecule has 0 heterocycles. The van der Waals surface area contributed by atoms with Crippen LogP contribution in [0, 0.1) is 0 Å². The van der Waals surface area contributed by atoms with Crippen LogP contribution >= 0.6 is 0 Å². The van der Waals surface area contributed by atoms with Crippen molar-refractivity contribution in [1.82, 2.24) is 10.6 Å². The Kier molecular flexibility index (Phi) is 7.45. The van der Waals surface area contributed by atoms with Gasteiger partial charge in [0.05, 0.1) is 11.1 Å². The quantitative estimate of drug-likeness (QED) is 0.231. The van der Waals surface area contributed by atoms with Crippen LogP contribution in [0.1, 0.15) is 40.0 Å². The Labute approximate surface area is 172 Å². The molecule has 1 atom stereocenters. The lowest BCUT2D eigenvalue weighted by Gasteiger charge is -2.16. The van der Waals surface area contributed by atoms with E-state index in [2.05, 4.69) is 10.6 Å². The smallest absolute Gasteiger partial charge is 0.255 e. The minimum Gasteiger partial charge on any atom is -0.504 e. The van der Waals surface area contributed by atoms with Gasteiger partial charge in [0, 0.05) is 6.54 Å². The molecule has 2 aromatic rings. The number of hydrogen-bond donors (Lipinski definition) is 7. The van der Waals surface area contributed by atoms with Crippen LogP contribution in [0.2, 0.25) is 0 Å². The highest BCUT2D eigenvalue weighted by molar-refractivity contribution is 6.00. The van der Waals surface area contributed by atoms with Crippen molar-refractivity contribution in [2.75, 3.05) is 6.54 Å². The fraction of sp³-hybridized carbons (Fsp3) is 0.250. The molecule has 0 aliphatic heterocycles. The zero-order valence-corrected chi connectivity index (χ0v) is 16.0. The zero-order chi connectivity index (χ0) is 22.3. The van der Waals surface area contributed by atoms with Crippen LogP contribution in [0.25, 0.3) is 0 Å². The number of unbranched alkanes of at least 4 members (excludes halogenated alkanes) is 1. The lowest BCUT2D eigenvalue weighted by Crippen LogP contribution is -2.44. The molecule has 2 rings (SSSR count). The number of carbonyl (C=O) groups excluding carboxylic acids is 3. The molecule has 0 aromatic heterocycles. The summed E-state index contributed by atoms with van der Waals surface area (Å²) in [5, 5.41) is 43.3. The van der Waals surface area contributed by atoms with Gasteiger partial charge in [-0.1, -0.05) is 12.1 Å². The Morgan fingerprint density at radius 3 is 1.90 bits per heavy atom. The van der Waals surface area contributed by atoms with Crippen LogP contribution in [-0.4, -0.2) is 50.7 Å². The van der Waals surface area contributed by atoms with Crippen molar-refractivity contribution >= 4 is 17.7 Å². The Morgan fingerprint density at radius 2 is 1.37 bits per heavy atom. The van der Waals surface area contributed by atoms with Crippen molar-refractivity contribution in [3.05, 3.63) is 47.5 Å². The molecule has 8 N–H and O–H groups in total. The SMILES string of the molecule is NC(=O)C(CCCCNC(=O)c1cccc(O)c1O)NC(=O)c1cccc(O)c1O. The number of rotatable bonds is 9. The summed E-state index contributed by atoms with van der Waals surface area (Å²) in [4.78, 5) is 35.9. The van der Waals surface area contributed by atoms with E-state index in [0.717, 1.165) is 0 Å². The van der Waals surface area contributed by atoms with Gasteiger partial charge in [-0.25, -0.2) is 0 Å². The molecule has 1 unspecified atom stereocenters. The molecule has 0 radical (unpaired) electrons. The maximum atomic E-state index is 12.2. The summed E-state index contributed by atoms with van der Waals surface area (Å²) in [6.45, 7) is 0.223. The highest BCUT2D eigenvalue weighted by atomic mass is 16.3. The first kappa shape index (κ1) is 22.3. The summed E-state index contributed by atoms with van der Waals surface area (Å²) in [5.74, 6) is -4.08. The lowest BCUT2D eigenvalue weighted by atomic mass is 10.1. The molecule has 10 nitrogen and oxygen atoms in total. The third-order valence-corrected chi connectivity index (χ3v) is 4.37. The third-order valence-electron chi connectivity index (χ3n) is 4.37. The fourth-order valence-electron chi connectivity index (χ4n) is 2.72. The van der Waals surface area contributed by atoms with Crippen molar-refractivity contribution < 1.29 is 34.8 Å². The zero-order valence-electron chi connectivity index (χ0n) is 16.0. The molecular formula is C20H23N3O7. The van der Waals surface area contributed by atoms with E-state index >= 15 is 0 Å². The molecule has 0 saturated carbocycles. The van der Waals surface area contributed by atoms with Crippen molar-refractivity contribution in [3.8, 4) is 23.0 Å². The first-order valence-electron chi connectivity index (χ1n) is 9.12. The van der Waals surface area contributed by atoms with E-state index in [-0.39, 0.29) is 24.1 Å². The Balaban J connectivity index is 1.83. The van der Waals surface area contributed by atoms with Crippen molar-refractivity contribution in [3.63, 3.8) is 0 Å². The van der Waals surface area contributed by atoms with Gasteiger partial charge < -0.3 is 36.8 Å². The van der Waals surface area contributed by atoms with Crippen LogP contribution in [0.4, 0.5) is 0 Å². The number of phenolic OH excluding ortho intramolecular Hbond substituents is 4. The predicted molar refractivity (Wildman–Crippen MR) is 106 cm³/mol. The summed E-state index contributed by atoms with van der Waals surface area (Å²) in [5.41, 5.74) is 5.05. The molecule has 3 amide bonds. The molecule has 2 aromatic carbocycles. The van der Waals surface area contributed by atoms with Crippen molar-refractivity contribution in [2.45, 2.75) is 25.3 Å². The molecule has 160 valence electrons. The number of para-hydroxylation sites is 2. The number of carbonyl (C=O) groups is 3. The molecule has 0 spiro atoms. The molecule has 0 fully saturated rings. The van der Waals surface area contributed by atoms with Crippen molar-refractivity contribution in [1.29, 1.82) is 0 Å². The third kappa shape index (κ3) is 5.53. The molecule has 0 bridgehead atoms. The predicted octanol–water partition coefficient (Wildman–Crippen LogP) is 0.693. The number of aromatic hydroxyl groups is 4. The van der Waals surface area contributed by atoms with Crippen LogP contribution in [0.3, 0.4) is 0 Å². The minimum atomic E-state index is -1.01. The van der Waals surface area contributed by atoms with Crippen LogP contribution in [-0.2, 0) is 4.79 Å². The number of amides is 3. The van der Waals surface area contributed by atoms with Crippen molar-refractivity contribution in [2.24, 2.45) is 5.73 Å². The number of phenols is 4. The summed E-state index contributed by atoms with van der Waals surface area (Å²) >= 11 is 0.